The number of hydrazone groups is 1. The maximum absolute atomic E-state index is 11.9. The minimum atomic E-state index is -0.280. The first kappa shape index (κ1) is 19.1. The summed E-state index contributed by atoms with van der Waals surface area (Å²) >= 11 is 3.47. The van der Waals surface area contributed by atoms with Crippen molar-refractivity contribution >= 4 is 28.1 Å². The SMILES string of the molecule is Cc1nc(N/N=C\c2ccc(OC(C)C)c(Br)c2)[nH]c(=O)c1CCO. The summed E-state index contributed by atoms with van der Waals surface area (Å²) in [6, 6.07) is 5.62. The summed E-state index contributed by atoms with van der Waals surface area (Å²) in [5, 5.41) is 13.0. The average molecular weight is 409 g/mol. The van der Waals surface area contributed by atoms with E-state index in [4.69, 9.17) is 9.84 Å². The predicted molar refractivity (Wildman–Crippen MR) is 102 cm³/mol. The number of nitrogens with one attached hydrogen (secondary N) is 2. The summed E-state index contributed by atoms with van der Waals surface area (Å²) in [4.78, 5) is 18.8. The molecule has 0 fully saturated rings. The molecule has 0 spiro atoms. The number of anilines is 1. The van der Waals surface area contributed by atoms with Crippen LogP contribution < -0.4 is 15.7 Å². The van der Waals surface area contributed by atoms with Crippen molar-refractivity contribution in [2.24, 2.45) is 5.10 Å². The first-order valence-electron chi connectivity index (χ1n) is 7.86. The van der Waals surface area contributed by atoms with Crippen LogP contribution in [-0.2, 0) is 6.42 Å². The summed E-state index contributed by atoms with van der Waals surface area (Å²) in [5.41, 5.74) is 4.31. The van der Waals surface area contributed by atoms with Crippen LogP contribution in [0, 0.1) is 6.92 Å². The number of rotatable bonds is 7. The molecule has 3 N–H and O–H groups in total. The molecule has 25 heavy (non-hydrogen) atoms. The largest absolute Gasteiger partial charge is 0.490 e. The van der Waals surface area contributed by atoms with Crippen LogP contribution >= 0.6 is 15.9 Å². The highest BCUT2D eigenvalue weighted by Gasteiger charge is 2.07. The Balaban J connectivity index is 2.08. The minimum absolute atomic E-state index is 0.0948. The molecular formula is C17H21BrN4O3. The zero-order valence-electron chi connectivity index (χ0n) is 14.3. The number of aromatic amines is 1. The lowest BCUT2D eigenvalue weighted by molar-refractivity contribution is 0.241. The van der Waals surface area contributed by atoms with Gasteiger partial charge in [-0.3, -0.25) is 9.78 Å². The van der Waals surface area contributed by atoms with E-state index in [1.165, 1.54) is 0 Å². The Hall–Kier alpha value is -2.19. The number of halogens is 1. The van der Waals surface area contributed by atoms with Gasteiger partial charge in [-0.2, -0.15) is 5.10 Å². The molecule has 0 aliphatic heterocycles. The van der Waals surface area contributed by atoms with Gasteiger partial charge in [-0.15, -0.1) is 0 Å². The quantitative estimate of drug-likeness (QED) is 0.482. The fourth-order valence-corrected chi connectivity index (χ4v) is 2.67. The van der Waals surface area contributed by atoms with E-state index in [0.29, 0.717) is 11.3 Å². The second kappa shape index (κ2) is 8.77. The Bertz CT molecular complexity index is 818. The average Bonchev–Trinajstić information content (AvgIpc) is 2.53. The van der Waals surface area contributed by atoms with E-state index < -0.39 is 0 Å². The van der Waals surface area contributed by atoms with Gasteiger partial charge in [0.25, 0.3) is 5.56 Å². The van der Waals surface area contributed by atoms with Gasteiger partial charge < -0.3 is 9.84 Å². The highest BCUT2D eigenvalue weighted by molar-refractivity contribution is 9.10. The third-order valence-electron chi connectivity index (χ3n) is 3.29. The molecule has 0 saturated heterocycles. The zero-order chi connectivity index (χ0) is 18.4. The lowest BCUT2D eigenvalue weighted by Gasteiger charge is -2.11. The third-order valence-corrected chi connectivity index (χ3v) is 3.91. The van der Waals surface area contributed by atoms with Crippen LogP contribution in [0.1, 0.15) is 30.7 Å². The van der Waals surface area contributed by atoms with E-state index in [2.05, 4.69) is 36.4 Å². The summed E-state index contributed by atoms with van der Waals surface area (Å²) in [5.74, 6) is 1.01. The second-order valence-corrected chi connectivity index (χ2v) is 6.53. The maximum Gasteiger partial charge on any atom is 0.255 e. The Morgan fingerprint density at radius 2 is 2.24 bits per heavy atom. The Morgan fingerprint density at radius 3 is 2.84 bits per heavy atom. The van der Waals surface area contributed by atoms with Gasteiger partial charge in [0.1, 0.15) is 5.75 Å². The van der Waals surface area contributed by atoms with Gasteiger partial charge in [0.2, 0.25) is 5.95 Å². The number of aliphatic hydroxyl groups is 1. The van der Waals surface area contributed by atoms with Gasteiger partial charge in [-0.1, -0.05) is 0 Å². The molecule has 1 aromatic heterocycles. The zero-order valence-corrected chi connectivity index (χ0v) is 15.9. The van der Waals surface area contributed by atoms with E-state index >= 15 is 0 Å². The topological polar surface area (TPSA) is 99.6 Å². The summed E-state index contributed by atoms with van der Waals surface area (Å²) in [7, 11) is 0. The Labute approximate surface area is 154 Å². The summed E-state index contributed by atoms with van der Waals surface area (Å²) in [6.45, 7) is 5.56. The number of ether oxygens (including phenoxy) is 1. The van der Waals surface area contributed by atoms with Gasteiger partial charge in [-0.25, -0.2) is 10.4 Å². The van der Waals surface area contributed by atoms with E-state index in [9.17, 15) is 4.79 Å². The fourth-order valence-electron chi connectivity index (χ4n) is 2.18. The molecule has 1 aromatic carbocycles. The predicted octanol–water partition coefficient (Wildman–Crippen LogP) is 2.61. The molecule has 2 aromatic rings. The van der Waals surface area contributed by atoms with Crippen molar-refractivity contribution in [3.05, 3.63) is 49.8 Å². The van der Waals surface area contributed by atoms with Crippen molar-refractivity contribution in [3.8, 4) is 5.75 Å². The van der Waals surface area contributed by atoms with Crippen molar-refractivity contribution in [1.29, 1.82) is 0 Å². The molecule has 0 unspecified atom stereocenters. The summed E-state index contributed by atoms with van der Waals surface area (Å²) < 4.78 is 6.49. The van der Waals surface area contributed by atoms with E-state index in [1.54, 1.807) is 13.1 Å². The first-order chi connectivity index (χ1) is 11.9. The Kier molecular flexibility index (Phi) is 6.72. The molecule has 0 atom stereocenters. The van der Waals surface area contributed by atoms with E-state index in [-0.39, 0.29) is 30.6 Å². The lowest BCUT2D eigenvalue weighted by atomic mass is 10.2. The van der Waals surface area contributed by atoms with Crippen LogP contribution in [-0.4, -0.2) is 34.0 Å². The molecule has 0 saturated carbocycles. The monoisotopic (exact) mass is 408 g/mol. The number of H-pyrrole nitrogens is 1. The first-order valence-corrected chi connectivity index (χ1v) is 8.66. The smallest absolute Gasteiger partial charge is 0.255 e. The number of hydrogen-bond donors (Lipinski definition) is 3. The number of aryl methyl sites for hydroxylation is 1. The minimum Gasteiger partial charge on any atom is -0.490 e. The van der Waals surface area contributed by atoms with E-state index in [0.717, 1.165) is 15.8 Å². The van der Waals surface area contributed by atoms with Gasteiger partial charge in [0.15, 0.2) is 0 Å². The van der Waals surface area contributed by atoms with Gasteiger partial charge in [-0.05, 0) is 60.5 Å². The number of aliphatic hydroxyl groups excluding tert-OH is 1. The Morgan fingerprint density at radius 1 is 1.48 bits per heavy atom. The van der Waals surface area contributed by atoms with Crippen LogP contribution in [0.5, 0.6) is 5.75 Å². The van der Waals surface area contributed by atoms with Crippen LogP contribution in [0.2, 0.25) is 0 Å². The van der Waals surface area contributed by atoms with Crippen LogP contribution in [0.4, 0.5) is 5.95 Å². The highest BCUT2D eigenvalue weighted by atomic mass is 79.9. The van der Waals surface area contributed by atoms with Crippen LogP contribution in [0.15, 0.2) is 32.6 Å². The molecule has 0 amide bonds. The normalized spacial score (nSPS) is 11.3. The van der Waals surface area contributed by atoms with Gasteiger partial charge in [0.05, 0.1) is 22.5 Å². The number of hydrogen-bond acceptors (Lipinski definition) is 6. The van der Waals surface area contributed by atoms with Crippen molar-refractivity contribution < 1.29 is 9.84 Å². The molecule has 2 rings (SSSR count). The standard InChI is InChI=1S/C17H21BrN4O3/c1-10(2)25-15-5-4-12(8-14(15)18)9-19-22-17-20-11(3)13(6-7-23)16(24)21-17/h4-5,8-10,23H,6-7H2,1-3H3,(H2,20,21,22,24)/b19-9-. The van der Waals surface area contributed by atoms with Crippen molar-refractivity contribution in [1.82, 2.24) is 9.97 Å². The molecule has 1 heterocycles. The number of benzene rings is 1. The molecule has 7 nitrogen and oxygen atoms in total. The van der Waals surface area contributed by atoms with Crippen molar-refractivity contribution in [3.63, 3.8) is 0 Å². The van der Waals surface area contributed by atoms with Crippen LogP contribution in [0.25, 0.3) is 0 Å². The third kappa shape index (κ3) is 5.40. The number of nitrogens with zero attached hydrogens (tertiary/aromatic N) is 2. The summed E-state index contributed by atoms with van der Waals surface area (Å²) in [6.07, 6.45) is 1.98. The number of aromatic nitrogens is 2. The van der Waals surface area contributed by atoms with Crippen LogP contribution in [0.3, 0.4) is 0 Å². The van der Waals surface area contributed by atoms with Gasteiger partial charge in [0, 0.05) is 18.6 Å². The highest BCUT2D eigenvalue weighted by Crippen LogP contribution is 2.26. The lowest BCUT2D eigenvalue weighted by Crippen LogP contribution is -2.19. The van der Waals surface area contributed by atoms with E-state index in [1.807, 2.05) is 32.0 Å². The fraction of sp³-hybridized carbons (Fsp3) is 0.353. The van der Waals surface area contributed by atoms with Crippen molar-refractivity contribution in [2.45, 2.75) is 33.3 Å². The molecule has 134 valence electrons. The second-order valence-electron chi connectivity index (χ2n) is 5.68. The molecule has 0 radical (unpaired) electrons. The molecule has 0 bridgehead atoms. The molecular weight excluding hydrogens is 388 g/mol. The maximum atomic E-state index is 11.9. The van der Waals surface area contributed by atoms with Crippen molar-refractivity contribution in [2.75, 3.05) is 12.0 Å². The van der Waals surface area contributed by atoms with Gasteiger partial charge >= 0.3 is 0 Å². The molecule has 0 aliphatic rings. The molecule has 8 heteroatoms. The molecule has 0 aliphatic carbocycles.